The van der Waals surface area contributed by atoms with Crippen LogP contribution in [0.5, 0.6) is 0 Å². The molecule has 2 aromatic rings. The molecule has 2 amide bonds. The van der Waals surface area contributed by atoms with Crippen LogP contribution in [0.4, 0.5) is 4.79 Å². The molecule has 2 heterocycles. The number of rotatable bonds is 11. The van der Waals surface area contributed by atoms with Gasteiger partial charge in [0.15, 0.2) is 0 Å². The molecule has 3 fully saturated rings. The first-order chi connectivity index (χ1) is 20.5. The number of amides is 2. The zero-order valence-corrected chi connectivity index (χ0v) is 24.9. The lowest BCUT2D eigenvalue weighted by molar-refractivity contribution is -0.145. The molecule has 0 aromatic heterocycles. The number of carboxylic acids is 1. The number of carboxylic acid groups (broad SMARTS) is 1. The van der Waals surface area contributed by atoms with E-state index >= 15 is 0 Å². The van der Waals surface area contributed by atoms with Crippen molar-refractivity contribution in [3.05, 3.63) is 84.4 Å². The second-order valence-corrected chi connectivity index (χ2v) is 12.5. The molecule has 42 heavy (non-hydrogen) atoms. The van der Waals surface area contributed by atoms with Crippen LogP contribution in [0.25, 0.3) is 0 Å². The summed E-state index contributed by atoms with van der Waals surface area (Å²) in [7, 11) is 0. The number of nitrogens with zero attached hydrogens (tertiary/aromatic N) is 3. The van der Waals surface area contributed by atoms with Crippen LogP contribution in [0.1, 0.15) is 62.0 Å². The van der Waals surface area contributed by atoms with Gasteiger partial charge in [-0.25, -0.2) is 4.79 Å². The van der Waals surface area contributed by atoms with E-state index in [1.54, 1.807) is 0 Å². The van der Waals surface area contributed by atoms with Gasteiger partial charge in [0.1, 0.15) is 6.04 Å². The third-order valence-corrected chi connectivity index (χ3v) is 9.80. The lowest BCUT2D eigenvalue weighted by Crippen LogP contribution is -2.51. The van der Waals surface area contributed by atoms with Gasteiger partial charge in [0.05, 0.1) is 0 Å². The van der Waals surface area contributed by atoms with Crippen molar-refractivity contribution in [2.45, 2.75) is 69.5 Å². The Morgan fingerprint density at radius 2 is 1.62 bits per heavy atom. The summed E-state index contributed by atoms with van der Waals surface area (Å²) in [6, 6.07) is 20.5. The second-order valence-electron chi connectivity index (χ2n) is 12.5. The van der Waals surface area contributed by atoms with Crippen LogP contribution in [0.15, 0.2) is 73.3 Å². The van der Waals surface area contributed by atoms with E-state index in [1.807, 2.05) is 41.3 Å². The molecule has 0 radical (unpaired) electrons. The minimum atomic E-state index is -0.650. The van der Waals surface area contributed by atoms with Crippen molar-refractivity contribution >= 4 is 12.0 Å². The smallest absolute Gasteiger partial charge is 0.321 e. The number of carbonyl (C=O) groups is 2. The van der Waals surface area contributed by atoms with Crippen LogP contribution >= 0.6 is 0 Å². The van der Waals surface area contributed by atoms with Gasteiger partial charge in [-0.15, -0.1) is 6.58 Å². The van der Waals surface area contributed by atoms with Crippen molar-refractivity contribution in [3.63, 3.8) is 0 Å². The number of nitrogens with one attached hydrogen (secondary N) is 1. The highest BCUT2D eigenvalue weighted by Gasteiger charge is 2.43. The van der Waals surface area contributed by atoms with E-state index in [0.717, 1.165) is 76.8 Å². The number of aliphatic carboxylic acids is 1. The van der Waals surface area contributed by atoms with Gasteiger partial charge in [0.2, 0.25) is 0 Å². The third kappa shape index (κ3) is 7.61. The van der Waals surface area contributed by atoms with Crippen molar-refractivity contribution in [1.29, 1.82) is 0 Å². The molecule has 0 unspecified atom stereocenters. The van der Waals surface area contributed by atoms with E-state index in [-0.39, 0.29) is 24.0 Å². The van der Waals surface area contributed by atoms with Crippen molar-refractivity contribution in [1.82, 2.24) is 20.0 Å². The standard InChI is InChI=1S/C35H48N4O3/c1-2-20-39(35(42)36-23-27-12-6-3-7-13-27)31-18-21-37(22-19-31)24-30-25-38(26-32(30)28-14-8-4-9-15-28)33(34(40)41)29-16-10-5-11-17-29/h2-4,6-9,12-15,29-33H,1,5,10-11,16-26H2,(H,36,42)(H,40,41)/t30-,32+,33+/m0/s1. The molecule has 0 bridgehead atoms. The van der Waals surface area contributed by atoms with E-state index in [1.165, 1.54) is 12.0 Å². The van der Waals surface area contributed by atoms with Gasteiger partial charge in [-0.1, -0.05) is 86.0 Å². The van der Waals surface area contributed by atoms with E-state index in [0.29, 0.717) is 24.9 Å². The Bertz CT molecular complexity index is 1150. The van der Waals surface area contributed by atoms with E-state index < -0.39 is 5.97 Å². The molecule has 3 aliphatic rings. The molecule has 2 saturated heterocycles. The molecule has 7 nitrogen and oxygen atoms in total. The number of benzene rings is 2. The summed E-state index contributed by atoms with van der Waals surface area (Å²) in [6.07, 6.45) is 9.26. The molecule has 3 atom stereocenters. The van der Waals surface area contributed by atoms with Gasteiger partial charge in [-0.3, -0.25) is 9.69 Å². The van der Waals surface area contributed by atoms with Gasteiger partial charge in [0.25, 0.3) is 0 Å². The number of urea groups is 1. The summed E-state index contributed by atoms with van der Waals surface area (Å²) in [5, 5.41) is 13.4. The molecule has 2 aromatic carbocycles. The summed E-state index contributed by atoms with van der Waals surface area (Å²) < 4.78 is 0. The van der Waals surface area contributed by atoms with E-state index in [2.05, 4.69) is 52.0 Å². The highest BCUT2D eigenvalue weighted by atomic mass is 16.4. The fourth-order valence-corrected chi connectivity index (χ4v) is 7.66. The SMILES string of the molecule is C=CCN(C(=O)NCc1ccccc1)C1CCN(C[C@H]2CN([C@@H](C(=O)O)C3CCCCC3)C[C@@H]2c2ccccc2)CC1. The summed E-state index contributed by atoms with van der Waals surface area (Å²) in [5.74, 6) is 0.317. The summed E-state index contributed by atoms with van der Waals surface area (Å²) >= 11 is 0. The van der Waals surface area contributed by atoms with Crippen LogP contribution in [0.3, 0.4) is 0 Å². The van der Waals surface area contributed by atoms with E-state index in [9.17, 15) is 14.7 Å². The highest BCUT2D eigenvalue weighted by molar-refractivity contribution is 5.75. The number of piperidine rings is 1. The van der Waals surface area contributed by atoms with Crippen molar-refractivity contribution in [2.24, 2.45) is 11.8 Å². The van der Waals surface area contributed by atoms with Crippen LogP contribution in [0.2, 0.25) is 0 Å². The Kier molecular flexibility index (Phi) is 10.7. The van der Waals surface area contributed by atoms with Crippen LogP contribution in [-0.4, -0.2) is 83.2 Å². The molecule has 5 rings (SSSR count). The molecular weight excluding hydrogens is 524 g/mol. The lowest BCUT2D eigenvalue weighted by atomic mass is 9.83. The van der Waals surface area contributed by atoms with Gasteiger partial charge in [0, 0.05) is 57.8 Å². The molecule has 226 valence electrons. The molecule has 2 N–H and O–H groups in total. The molecule has 0 spiro atoms. The first kappa shape index (κ1) is 30.3. The molecule has 1 aliphatic carbocycles. The molecule has 7 heteroatoms. The Labute approximate surface area is 251 Å². The van der Waals surface area contributed by atoms with Crippen molar-refractivity contribution in [2.75, 3.05) is 39.3 Å². The third-order valence-electron chi connectivity index (χ3n) is 9.80. The monoisotopic (exact) mass is 572 g/mol. The second kappa shape index (κ2) is 14.8. The molecular formula is C35H48N4O3. The maximum absolute atomic E-state index is 13.2. The van der Waals surface area contributed by atoms with Gasteiger partial charge >= 0.3 is 12.0 Å². The summed E-state index contributed by atoms with van der Waals surface area (Å²) in [6.45, 7) is 9.44. The van der Waals surface area contributed by atoms with E-state index in [4.69, 9.17) is 0 Å². The summed E-state index contributed by atoms with van der Waals surface area (Å²) in [5.41, 5.74) is 2.41. The van der Waals surface area contributed by atoms with Crippen molar-refractivity contribution in [3.8, 4) is 0 Å². The van der Waals surface area contributed by atoms with Crippen molar-refractivity contribution < 1.29 is 14.7 Å². The zero-order chi connectivity index (χ0) is 29.3. The number of hydrogen-bond donors (Lipinski definition) is 2. The number of hydrogen-bond acceptors (Lipinski definition) is 4. The maximum atomic E-state index is 13.2. The fraction of sp³-hybridized carbons (Fsp3) is 0.543. The average Bonchev–Trinajstić information content (AvgIpc) is 3.43. The molecule has 2 aliphatic heterocycles. The summed E-state index contributed by atoms with van der Waals surface area (Å²) in [4.78, 5) is 32.5. The zero-order valence-electron chi connectivity index (χ0n) is 24.9. The largest absolute Gasteiger partial charge is 0.480 e. The normalized spacial score (nSPS) is 23.3. The quantitative estimate of drug-likeness (QED) is 0.343. The van der Waals surface area contributed by atoms with Gasteiger partial charge in [-0.05, 0) is 48.6 Å². The Hall–Kier alpha value is -3.16. The minimum absolute atomic E-state index is 0.0322. The predicted molar refractivity (Wildman–Crippen MR) is 167 cm³/mol. The Balaban J connectivity index is 1.21. The highest BCUT2D eigenvalue weighted by Crippen LogP contribution is 2.38. The molecule has 1 saturated carbocycles. The average molecular weight is 573 g/mol. The topological polar surface area (TPSA) is 76.1 Å². The predicted octanol–water partition coefficient (Wildman–Crippen LogP) is 5.60. The van der Waals surface area contributed by atoms with Crippen LogP contribution in [0, 0.1) is 11.8 Å². The Morgan fingerprint density at radius 3 is 2.26 bits per heavy atom. The fourth-order valence-electron chi connectivity index (χ4n) is 7.66. The maximum Gasteiger partial charge on any atom is 0.321 e. The van der Waals surface area contributed by atoms with Crippen LogP contribution < -0.4 is 5.32 Å². The van der Waals surface area contributed by atoms with Crippen LogP contribution in [-0.2, 0) is 11.3 Å². The Morgan fingerprint density at radius 1 is 0.952 bits per heavy atom. The minimum Gasteiger partial charge on any atom is -0.480 e. The first-order valence-electron chi connectivity index (χ1n) is 16.0. The van der Waals surface area contributed by atoms with Gasteiger partial charge in [-0.2, -0.15) is 0 Å². The van der Waals surface area contributed by atoms with Gasteiger partial charge < -0.3 is 20.2 Å². The number of likely N-dealkylation sites (tertiary alicyclic amines) is 2. The lowest BCUT2D eigenvalue weighted by Gasteiger charge is -2.39. The first-order valence-corrected chi connectivity index (χ1v) is 16.0. The number of carbonyl (C=O) groups excluding carboxylic acids is 1.